The Morgan fingerprint density at radius 2 is 1.32 bits per heavy atom. The van der Waals surface area contributed by atoms with E-state index in [1.165, 1.54) is 5.56 Å². The van der Waals surface area contributed by atoms with Crippen molar-refractivity contribution in [3.63, 3.8) is 0 Å². The fraction of sp³-hybridized carbons (Fsp3) is 0.0500. The molecule has 0 aliphatic rings. The van der Waals surface area contributed by atoms with Crippen molar-refractivity contribution in [1.82, 2.24) is 0 Å². The maximum Gasteiger partial charge on any atom is 0.0743 e. The van der Waals surface area contributed by atoms with Gasteiger partial charge in [0.2, 0.25) is 0 Å². The second kappa shape index (κ2) is 6.72. The zero-order valence-corrected chi connectivity index (χ0v) is 12.3. The predicted octanol–water partition coefficient (Wildman–Crippen LogP) is 4.31. The lowest BCUT2D eigenvalue weighted by Gasteiger charge is -2.10. The van der Waals surface area contributed by atoms with Crippen LogP contribution in [-0.4, -0.2) is 5.71 Å². The van der Waals surface area contributed by atoms with Gasteiger partial charge in [0.05, 0.1) is 12.3 Å². The van der Waals surface area contributed by atoms with E-state index in [-0.39, 0.29) is 0 Å². The molecule has 0 amide bonds. The minimum Gasteiger partial charge on any atom is -0.398 e. The summed E-state index contributed by atoms with van der Waals surface area (Å²) in [6.07, 6.45) is 0. The Hall–Kier alpha value is -2.87. The molecule has 2 heteroatoms. The lowest BCUT2D eigenvalue weighted by Crippen LogP contribution is -2.07. The van der Waals surface area contributed by atoms with Crippen LogP contribution in [0.3, 0.4) is 0 Å². The van der Waals surface area contributed by atoms with Gasteiger partial charge in [-0.3, -0.25) is 4.99 Å². The van der Waals surface area contributed by atoms with Crippen LogP contribution in [0.4, 0.5) is 5.69 Å². The fourth-order valence-electron chi connectivity index (χ4n) is 2.39. The first-order valence-electron chi connectivity index (χ1n) is 7.33. The van der Waals surface area contributed by atoms with Crippen LogP contribution in [0.5, 0.6) is 0 Å². The summed E-state index contributed by atoms with van der Waals surface area (Å²) in [6, 6.07) is 28.3. The van der Waals surface area contributed by atoms with Crippen LogP contribution in [0.2, 0.25) is 0 Å². The number of nitrogens with two attached hydrogens (primary N) is 1. The Balaban J connectivity index is 2.02. The molecule has 3 rings (SSSR count). The van der Waals surface area contributed by atoms with Crippen molar-refractivity contribution in [2.75, 3.05) is 5.73 Å². The van der Waals surface area contributed by atoms with Crippen molar-refractivity contribution in [3.05, 3.63) is 102 Å². The molecule has 108 valence electrons. The van der Waals surface area contributed by atoms with Gasteiger partial charge in [0.1, 0.15) is 0 Å². The quantitative estimate of drug-likeness (QED) is 0.563. The van der Waals surface area contributed by atoms with Crippen LogP contribution in [0.25, 0.3) is 0 Å². The highest BCUT2D eigenvalue weighted by Gasteiger charge is 2.09. The monoisotopic (exact) mass is 286 g/mol. The van der Waals surface area contributed by atoms with Gasteiger partial charge < -0.3 is 5.73 Å². The number of rotatable bonds is 4. The number of benzene rings is 3. The number of hydrogen-bond donors (Lipinski definition) is 1. The molecule has 3 aromatic rings. The van der Waals surface area contributed by atoms with Crippen LogP contribution in [0, 0.1) is 0 Å². The van der Waals surface area contributed by atoms with E-state index in [2.05, 4.69) is 24.3 Å². The van der Waals surface area contributed by atoms with Crippen molar-refractivity contribution in [1.29, 1.82) is 0 Å². The highest BCUT2D eigenvalue weighted by Crippen LogP contribution is 2.18. The van der Waals surface area contributed by atoms with E-state index < -0.39 is 0 Å². The largest absolute Gasteiger partial charge is 0.398 e. The van der Waals surface area contributed by atoms with Gasteiger partial charge in [-0.2, -0.15) is 0 Å². The highest BCUT2D eigenvalue weighted by atomic mass is 14.7. The summed E-state index contributed by atoms with van der Waals surface area (Å²) < 4.78 is 0. The standard InChI is InChI=1S/C20H18N2/c21-19-14-8-7-13-18(19)20(17-11-5-2-6-12-17)22-15-16-9-3-1-4-10-16/h1-14H,15,21H2/b22-20-. The molecule has 22 heavy (non-hydrogen) atoms. The molecule has 0 spiro atoms. The molecule has 0 saturated heterocycles. The second-order valence-corrected chi connectivity index (χ2v) is 5.10. The normalized spacial score (nSPS) is 11.4. The molecule has 2 nitrogen and oxygen atoms in total. The smallest absolute Gasteiger partial charge is 0.0743 e. The van der Waals surface area contributed by atoms with Crippen LogP contribution in [0.15, 0.2) is 89.9 Å². The van der Waals surface area contributed by atoms with E-state index >= 15 is 0 Å². The summed E-state index contributed by atoms with van der Waals surface area (Å²) in [7, 11) is 0. The highest BCUT2D eigenvalue weighted by molar-refractivity contribution is 6.15. The minimum atomic E-state index is 0.638. The van der Waals surface area contributed by atoms with Crippen molar-refractivity contribution >= 4 is 11.4 Å². The molecule has 0 atom stereocenters. The van der Waals surface area contributed by atoms with Crippen LogP contribution in [-0.2, 0) is 6.54 Å². The van der Waals surface area contributed by atoms with Gasteiger partial charge in [-0.05, 0) is 11.6 Å². The number of aliphatic imine (C=N–C) groups is 1. The lowest BCUT2D eigenvalue weighted by atomic mass is 10.0. The molecule has 0 saturated carbocycles. The van der Waals surface area contributed by atoms with E-state index in [9.17, 15) is 0 Å². The third kappa shape index (κ3) is 3.23. The van der Waals surface area contributed by atoms with Gasteiger partial charge in [0, 0.05) is 16.8 Å². The molecule has 0 bridgehead atoms. The molecule has 0 aliphatic carbocycles. The molecule has 2 N–H and O–H groups in total. The third-order valence-electron chi connectivity index (χ3n) is 3.53. The Bertz CT molecular complexity index is 762. The number of para-hydroxylation sites is 1. The zero-order valence-electron chi connectivity index (χ0n) is 12.3. The fourth-order valence-corrected chi connectivity index (χ4v) is 2.39. The van der Waals surface area contributed by atoms with Crippen molar-refractivity contribution in [3.8, 4) is 0 Å². The Kier molecular flexibility index (Phi) is 4.30. The van der Waals surface area contributed by atoms with Crippen molar-refractivity contribution in [2.45, 2.75) is 6.54 Å². The summed E-state index contributed by atoms with van der Waals surface area (Å²) in [5.41, 5.74) is 11.1. The van der Waals surface area contributed by atoms with Crippen LogP contribution < -0.4 is 5.73 Å². The van der Waals surface area contributed by atoms with Gasteiger partial charge >= 0.3 is 0 Å². The average Bonchev–Trinajstić information content (AvgIpc) is 2.58. The molecule has 0 aromatic heterocycles. The topological polar surface area (TPSA) is 38.4 Å². The molecule has 0 fully saturated rings. The number of nitrogen functional groups attached to an aromatic ring is 1. The van der Waals surface area contributed by atoms with E-state index in [0.29, 0.717) is 6.54 Å². The minimum absolute atomic E-state index is 0.638. The molecule has 0 heterocycles. The molecule has 0 radical (unpaired) electrons. The second-order valence-electron chi connectivity index (χ2n) is 5.10. The van der Waals surface area contributed by atoms with E-state index in [4.69, 9.17) is 10.7 Å². The summed E-state index contributed by atoms with van der Waals surface area (Å²) in [4.78, 5) is 4.83. The zero-order chi connectivity index (χ0) is 15.2. The molecule has 0 unspecified atom stereocenters. The van der Waals surface area contributed by atoms with Gasteiger partial charge in [0.15, 0.2) is 0 Å². The maximum atomic E-state index is 6.15. The first kappa shape index (κ1) is 14.1. The maximum absolute atomic E-state index is 6.15. The van der Waals surface area contributed by atoms with E-state index in [1.807, 2.05) is 60.7 Å². The lowest BCUT2D eigenvalue weighted by molar-refractivity contribution is 1.07. The Morgan fingerprint density at radius 3 is 2.00 bits per heavy atom. The van der Waals surface area contributed by atoms with Gasteiger partial charge in [-0.15, -0.1) is 0 Å². The molecular weight excluding hydrogens is 268 g/mol. The number of hydrogen-bond acceptors (Lipinski definition) is 2. The number of nitrogens with zero attached hydrogens (tertiary/aromatic N) is 1. The molecule has 0 aliphatic heterocycles. The van der Waals surface area contributed by atoms with Crippen molar-refractivity contribution in [2.24, 2.45) is 4.99 Å². The number of anilines is 1. The first-order chi connectivity index (χ1) is 10.8. The summed E-state index contributed by atoms with van der Waals surface area (Å²) in [5.74, 6) is 0. The third-order valence-corrected chi connectivity index (χ3v) is 3.53. The molecule has 3 aromatic carbocycles. The SMILES string of the molecule is Nc1ccccc1/C(=N\Cc1ccccc1)c1ccccc1. The summed E-state index contributed by atoms with van der Waals surface area (Å²) in [6.45, 7) is 0.638. The Morgan fingerprint density at radius 1 is 0.727 bits per heavy atom. The van der Waals surface area contributed by atoms with Gasteiger partial charge in [-0.25, -0.2) is 0 Å². The van der Waals surface area contributed by atoms with Crippen molar-refractivity contribution < 1.29 is 0 Å². The van der Waals surface area contributed by atoms with Crippen LogP contribution >= 0.6 is 0 Å². The molecular formula is C20H18N2. The summed E-state index contributed by atoms with van der Waals surface area (Å²) in [5, 5.41) is 0. The van der Waals surface area contributed by atoms with Crippen LogP contribution in [0.1, 0.15) is 16.7 Å². The summed E-state index contributed by atoms with van der Waals surface area (Å²) >= 11 is 0. The van der Waals surface area contributed by atoms with E-state index in [1.54, 1.807) is 0 Å². The Labute approximate surface area is 131 Å². The van der Waals surface area contributed by atoms with E-state index in [0.717, 1.165) is 22.5 Å². The first-order valence-corrected chi connectivity index (χ1v) is 7.33. The van der Waals surface area contributed by atoms with Gasteiger partial charge in [-0.1, -0.05) is 78.9 Å². The average molecular weight is 286 g/mol. The van der Waals surface area contributed by atoms with Gasteiger partial charge in [0.25, 0.3) is 0 Å². The predicted molar refractivity (Wildman–Crippen MR) is 93.1 cm³/mol.